The highest BCUT2D eigenvalue weighted by atomic mass is 15.2. The molecule has 0 amide bonds. The molecule has 0 aliphatic carbocycles. The lowest BCUT2D eigenvalue weighted by Crippen LogP contribution is -1.76. The molecule has 0 radical (unpaired) electrons. The lowest BCUT2D eigenvalue weighted by atomic mass is 10.2. The topological polar surface area (TPSA) is 69.2 Å². The van der Waals surface area contributed by atoms with E-state index in [9.17, 15) is 0 Å². The van der Waals surface area contributed by atoms with E-state index in [4.69, 9.17) is 0 Å². The van der Waals surface area contributed by atoms with Gasteiger partial charge in [-0.25, -0.2) is 4.98 Å². The molecule has 17 heavy (non-hydrogen) atoms. The van der Waals surface area contributed by atoms with Gasteiger partial charge < -0.3 is 9.97 Å². The van der Waals surface area contributed by atoms with Gasteiger partial charge in [-0.15, -0.1) is 5.11 Å². The molecule has 2 N–H and O–H groups in total. The Morgan fingerprint density at radius 1 is 1.18 bits per heavy atom. The molecule has 0 fully saturated rings. The van der Waals surface area contributed by atoms with Crippen LogP contribution in [0.2, 0.25) is 0 Å². The summed E-state index contributed by atoms with van der Waals surface area (Å²) in [7, 11) is 0. The van der Waals surface area contributed by atoms with Crippen molar-refractivity contribution in [3.8, 4) is 0 Å². The Labute approximate surface area is 97.6 Å². The molecule has 2 aromatic heterocycles. The van der Waals surface area contributed by atoms with Crippen molar-refractivity contribution in [2.24, 2.45) is 10.2 Å². The standard InChI is InChI=1S/C12H11N5/c1-2-4-11-10(3-1)9(7-15-11)8-16-17-12-13-5-6-14-12/h1-7,15H,8H2,(H,13,14). The van der Waals surface area contributed by atoms with Crippen molar-refractivity contribution in [1.82, 2.24) is 15.0 Å². The van der Waals surface area contributed by atoms with Crippen molar-refractivity contribution in [1.29, 1.82) is 0 Å². The minimum atomic E-state index is 0.532. The van der Waals surface area contributed by atoms with Gasteiger partial charge in [-0.05, 0) is 6.07 Å². The molecule has 3 rings (SSSR count). The van der Waals surface area contributed by atoms with E-state index in [1.165, 1.54) is 5.39 Å². The van der Waals surface area contributed by atoms with Crippen LogP contribution in [-0.4, -0.2) is 15.0 Å². The number of hydrogen-bond acceptors (Lipinski definition) is 3. The highest BCUT2D eigenvalue weighted by Crippen LogP contribution is 2.18. The Bertz CT molecular complexity index is 636. The minimum Gasteiger partial charge on any atom is -0.361 e. The summed E-state index contributed by atoms with van der Waals surface area (Å²) < 4.78 is 0. The summed E-state index contributed by atoms with van der Waals surface area (Å²) in [6.07, 6.45) is 5.34. The minimum absolute atomic E-state index is 0.532. The molecular formula is C12H11N5. The third kappa shape index (κ3) is 1.94. The third-order valence-corrected chi connectivity index (χ3v) is 2.57. The van der Waals surface area contributed by atoms with Crippen LogP contribution in [-0.2, 0) is 6.54 Å². The highest BCUT2D eigenvalue weighted by Gasteiger charge is 2.01. The predicted octanol–water partition coefficient (Wildman–Crippen LogP) is 3.17. The maximum absolute atomic E-state index is 4.12. The van der Waals surface area contributed by atoms with Gasteiger partial charge in [0.1, 0.15) is 0 Å². The van der Waals surface area contributed by atoms with Crippen LogP contribution < -0.4 is 0 Å². The van der Waals surface area contributed by atoms with Crippen molar-refractivity contribution >= 4 is 16.9 Å². The van der Waals surface area contributed by atoms with Gasteiger partial charge in [-0.1, -0.05) is 18.2 Å². The van der Waals surface area contributed by atoms with Crippen LogP contribution >= 0.6 is 0 Å². The van der Waals surface area contributed by atoms with Crippen molar-refractivity contribution in [3.63, 3.8) is 0 Å². The number of nitrogens with one attached hydrogen (secondary N) is 2. The number of aromatic nitrogens is 3. The summed E-state index contributed by atoms with van der Waals surface area (Å²) in [5, 5.41) is 9.30. The van der Waals surface area contributed by atoms with Crippen LogP contribution in [0.15, 0.2) is 53.1 Å². The summed E-state index contributed by atoms with van der Waals surface area (Å²) in [6, 6.07) is 8.14. The number of nitrogens with zero attached hydrogens (tertiary/aromatic N) is 3. The SMILES string of the molecule is c1ccc2c(CN=Nc3ncc[nH]3)c[nH]c2c1. The molecule has 84 valence electrons. The van der Waals surface area contributed by atoms with Crippen LogP contribution in [0.25, 0.3) is 10.9 Å². The zero-order valence-electron chi connectivity index (χ0n) is 9.09. The van der Waals surface area contributed by atoms with Gasteiger partial charge in [0.05, 0.1) is 6.54 Å². The number of azo groups is 1. The normalized spacial score (nSPS) is 11.5. The number of H-pyrrole nitrogens is 2. The molecule has 0 spiro atoms. The molecule has 0 aliphatic heterocycles. The first-order valence-corrected chi connectivity index (χ1v) is 5.35. The Kier molecular flexibility index (Phi) is 2.42. The maximum Gasteiger partial charge on any atom is 0.246 e. The molecule has 0 saturated carbocycles. The Hall–Kier alpha value is -2.43. The smallest absolute Gasteiger partial charge is 0.246 e. The number of aromatic amines is 2. The Morgan fingerprint density at radius 3 is 3.00 bits per heavy atom. The van der Waals surface area contributed by atoms with Gasteiger partial charge in [0, 0.05) is 35.1 Å². The van der Waals surface area contributed by atoms with E-state index < -0.39 is 0 Å². The fraction of sp³-hybridized carbons (Fsp3) is 0.0833. The Balaban J connectivity index is 1.81. The number of rotatable bonds is 3. The monoisotopic (exact) mass is 225 g/mol. The van der Waals surface area contributed by atoms with E-state index >= 15 is 0 Å². The Morgan fingerprint density at radius 2 is 2.12 bits per heavy atom. The van der Waals surface area contributed by atoms with Crippen LogP contribution in [0.4, 0.5) is 5.95 Å². The average molecular weight is 225 g/mol. The van der Waals surface area contributed by atoms with E-state index in [0.29, 0.717) is 12.5 Å². The molecular weight excluding hydrogens is 214 g/mol. The number of fused-ring (bicyclic) bond motifs is 1. The molecule has 3 aromatic rings. The van der Waals surface area contributed by atoms with Crippen LogP contribution in [0, 0.1) is 0 Å². The first kappa shape index (κ1) is 9.77. The van der Waals surface area contributed by atoms with E-state index in [-0.39, 0.29) is 0 Å². The molecule has 0 bridgehead atoms. The van der Waals surface area contributed by atoms with Gasteiger partial charge in [-0.3, -0.25) is 0 Å². The predicted molar refractivity (Wildman–Crippen MR) is 65.1 cm³/mol. The molecule has 5 nitrogen and oxygen atoms in total. The quantitative estimate of drug-likeness (QED) is 0.660. The molecule has 0 saturated heterocycles. The maximum atomic E-state index is 4.12. The van der Waals surface area contributed by atoms with E-state index in [1.54, 1.807) is 12.4 Å². The van der Waals surface area contributed by atoms with E-state index in [0.717, 1.165) is 11.1 Å². The van der Waals surface area contributed by atoms with Gasteiger partial charge >= 0.3 is 0 Å². The van der Waals surface area contributed by atoms with E-state index in [1.807, 2.05) is 24.4 Å². The fourth-order valence-electron chi connectivity index (χ4n) is 1.75. The summed E-state index contributed by atoms with van der Waals surface area (Å²) in [4.78, 5) is 10.1. The zero-order chi connectivity index (χ0) is 11.5. The van der Waals surface area contributed by atoms with Gasteiger partial charge in [0.25, 0.3) is 0 Å². The summed E-state index contributed by atoms with van der Waals surface area (Å²) >= 11 is 0. The molecule has 0 aliphatic rings. The average Bonchev–Trinajstić information content (AvgIpc) is 2.99. The number of imidazole rings is 1. The second kappa shape index (κ2) is 4.21. The summed E-state index contributed by atoms with van der Waals surface area (Å²) in [6.45, 7) is 0.546. The van der Waals surface area contributed by atoms with Crippen molar-refractivity contribution in [3.05, 3.63) is 48.4 Å². The van der Waals surface area contributed by atoms with E-state index in [2.05, 4.69) is 31.2 Å². The number of benzene rings is 1. The van der Waals surface area contributed by atoms with Gasteiger partial charge in [0.15, 0.2) is 0 Å². The fourth-order valence-corrected chi connectivity index (χ4v) is 1.75. The second-order valence-corrected chi connectivity index (χ2v) is 3.67. The largest absolute Gasteiger partial charge is 0.361 e. The van der Waals surface area contributed by atoms with Crippen LogP contribution in [0.3, 0.4) is 0 Å². The molecule has 1 aromatic carbocycles. The number of para-hydroxylation sites is 1. The lowest BCUT2D eigenvalue weighted by molar-refractivity contribution is 0.943. The summed E-state index contributed by atoms with van der Waals surface area (Å²) in [5.41, 5.74) is 2.26. The third-order valence-electron chi connectivity index (χ3n) is 2.57. The van der Waals surface area contributed by atoms with Crippen molar-refractivity contribution < 1.29 is 0 Å². The first-order chi connectivity index (χ1) is 8.43. The zero-order valence-corrected chi connectivity index (χ0v) is 9.09. The highest BCUT2D eigenvalue weighted by molar-refractivity contribution is 5.82. The molecule has 0 unspecified atom stereocenters. The second-order valence-electron chi connectivity index (χ2n) is 3.67. The van der Waals surface area contributed by atoms with Gasteiger partial charge in [0.2, 0.25) is 5.95 Å². The molecule has 0 atom stereocenters. The van der Waals surface area contributed by atoms with Crippen LogP contribution in [0.5, 0.6) is 0 Å². The van der Waals surface area contributed by atoms with Crippen molar-refractivity contribution in [2.75, 3.05) is 0 Å². The molecule has 2 heterocycles. The summed E-state index contributed by atoms with van der Waals surface area (Å²) in [5.74, 6) is 0.532. The van der Waals surface area contributed by atoms with Gasteiger partial charge in [-0.2, -0.15) is 5.11 Å². The van der Waals surface area contributed by atoms with Crippen molar-refractivity contribution in [2.45, 2.75) is 6.54 Å². The number of hydrogen-bond donors (Lipinski definition) is 2. The lowest BCUT2D eigenvalue weighted by Gasteiger charge is -1.92. The molecule has 5 heteroatoms. The first-order valence-electron chi connectivity index (χ1n) is 5.35. The van der Waals surface area contributed by atoms with Crippen LogP contribution in [0.1, 0.15) is 5.56 Å².